The molecule has 0 aliphatic carbocycles. The number of unbranched alkanes of at least 4 members (excludes halogenated alkanes) is 10. The van der Waals surface area contributed by atoms with Gasteiger partial charge in [-0.15, -0.1) is 0 Å². The number of thiol groups is 1. The zero-order valence-electron chi connectivity index (χ0n) is 21.2. The maximum absolute atomic E-state index is 10.2. The molecular weight excluding hydrogens is 460 g/mol. The van der Waals surface area contributed by atoms with E-state index in [2.05, 4.69) is 12.6 Å². The van der Waals surface area contributed by atoms with Crippen LogP contribution in [0.5, 0.6) is 0 Å². The summed E-state index contributed by atoms with van der Waals surface area (Å²) >= 11 is 4.25. The number of ether oxygens (including phenoxy) is 6. The summed E-state index contributed by atoms with van der Waals surface area (Å²) in [6, 6.07) is 0. The van der Waals surface area contributed by atoms with Crippen LogP contribution in [0.15, 0.2) is 0 Å². The molecule has 0 rings (SSSR count). The fourth-order valence-electron chi connectivity index (χ4n) is 3.17. The second kappa shape index (κ2) is 30.6. The minimum Gasteiger partial charge on any atom is -0.480 e. The summed E-state index contributed by atoms with van der Waals surface area (Å²) in [7, 11) is 0. The van der Waals surface area contributed by atoms with Crippen molar-refractivity contribution in [3.63, 3.8) is 0 Å². The summed E-state index contributed by atoms with van der Waals surface area (Å²) in [6.07, 6.45) is 14.6. The van der Waals surface area contributed by atoms with Crippen molar-refractivity contribution in [2.45, 2.75) is 70.6 Å². The zero-order chi connectivity index (χ0) is 24.8. The van der Waals surface area contributed by atoms with Gasteiger partial charge in [0.1, 0.15) is 6.61 Å². The Morgan fingerprint density at radius 1 is 0.441 bits per heavy atom. The molecule has 0 aromatic heterocycles. The molecule has 1 N–H and O–H groups in total. The van der Waals surface area contributed by atoms with E-state index >= 15 is 0 Å². The minimum absolute atomic E-state index is 0.262. The molecule has 0 saturated carbocycles. The minimum atomic E-state index is -0.981. The molecule has 34 heavy (non-hydrogen) atoms. The Morgan fingerprint density at radius 3 is 1.09 bits per heavy atom. The van der Waals surface area contributed by atoms with Crippen molar-refractivity contribution in [2.75, 3.05) is 85.0 Å². The van der Waals surface area contributed by atoms with E-state index in [9.17, 15) is 4.79 Å². The van der Waals surface area contributed by atoms with Crippen LogP contribution in [-0.4, -0.2) is 96.1 Å². The highest BCUT2D eigenvalue weighted by Crippen LogP contribution is 2.11. The number of hydrogen-bond donors (Lipinski definition) is 2. The zero-order valence-corrected chi connectivity index (χ0v) is 22.1. The fourth-order valence-corrected chi connectivity index (χ4v) is 3.39. The third kappa shape index (κ3) is 31.6. The molecule has 0 unspecified atom stereocenters. The predicted octanol–water partition coefficient (Wildman–Crippen LogP) is 4.39. The van der Waals surface area contributed by atoms with Crippen LogP contribution in [0.1, 0.15) is 70.6 Å². The smallest absolute Gasteiger partial charge is 0.329 e. The molecule has 8 nitrogen and oxygen atoms in total. The van der Waals surface area contributed by atoms with Crippen LogP contribution < -0.4 is 0 Å². The molecule has 0 heterocycles. The van der Waals surface area contributed by atoms with Gasteiger partial charge in [0.2, 0.25) is 0 Å². The van der Waals surface area contributed by atoms with Gasteiger partial charge in [0.25, 0.3) is 0 Å². The van der Waals surface area contributed by atoms with Crippen LogP contribution in [0.25, 0.3) is 0 Å². The van der Waals surface area contributed by atoms with Crippen molar-refractivity contribution in [2.24, 2.45) is 0 Å². The van der Waals surface area contributed by atoms with E-state index in [4.69, 9.17) is 33.5 Å². The average Bonchev–Trinajstić information content (AvgIpc) is 2.83. The highest BCUT2D eigenvalue weighted by Gasteiger charge is 1.97. The molecule has 0 aliphatic rings. The first-order valence-corrected chi connectivity index (χ1v) is 13.7. The molecule has 0 spiro atoms. The van der Waals surface area contributed by atoms with Crippen LogP contribution in [0.2, 0.25) is 0 Å². The second-order valence-electron chi connectivity index (χ2n) is 8.12. The number of aliphatic carboxylic acids is 1. The summed E-state index contributed by atoms with van der Waals surface area (Å²) in [5, 5.41) is 8.40. The van der Waals surface area contributed by atoms with E-state index in [-0.39, 0.29) is 13.2 Å². The van der Waals surface area contributed by atoms with Gasteiger partial charge in [0.15, 0.2) is 0 Å². The third-order valence-corrected chi connectivity index (χ3v) is 5.35. The van der Waals surface area contributed by atoms with Gasteiger partial charge in [-0.3, -0.25) is 0 Å². The molecule has 9 heteroatoms. The van der Waals surface area contributed by atoms with Crippen molar-refractivity contribution in [3.8, 4) is 0 Å². The van der Waals surface area contributed by atoms with Gasteiger partial charge < -0.3 is 33.5 Å². The number of rotatable bonds is 30. The fraction of sp³-hybridized carbons (Fsp3) is 0.960. The Kier molecular flexibility index (Phi) is 30.2. The molecule has 0 bridgehead atoms. The normalized spacial score (nSPS) is 11.3. The Morgan fingerprint density at radius 2 is 0.735 bits per heavy atom. The SMILES string of the molecule is O=C(O)COCCOCCOCCOCCOCCOCCCCCCCCCCCCCS. The summed E-state index contributed by atoms with van der Waals surface area (Å²) in [4.78, 5) is 10.2. The first-order valence-electron chi connectivity index (χ1n) is 13.1. The van der Waals surface area contributed by atoms with Crippen LogP contribution in [0.4, 0.5) is 0 Å². The molecule has 0 atom stereocenters. The Hall–Kier alpha value is -0.420. The molecule has 0 amide bonds. The summed E-state index contributed by atoms with van der Waals surface area (Å²) in [6.45, 7) is 5.38. The van der Waals surface area contributed by atoms with Gasteiger partial charge in [-0.05, 0) is 18.6 Å². The lowest BCUT2D eigenvalue weighted by atomic mass is 10.1. The summed E-state index contributed by atoms with van der Waals surface area (Å²) < 4.78 is 32.0. The lowest BCUT2D eigenvalue weighted by Crippen LogP contribution is -2.15. The van der Waals surface area contributed by atoms with Crippen molar-refractivity contribution in [3.05, 3.63) is 0 Å². The van der Waals surface area contributed by atoms with E-state index in [0.717, 1.165) is 18.8 Å². The monoisotopic (exact) mass is 510 g/mol. The van der Waals surface area contributed by atoms with Crippen molar-refractivity contribution in [1.82, 2.24) is 0 Å². The van der Waals surface area contributed by atoms with E-state index < -0.39 is 5.97 Å². The molecule has 0 aromatic rings. The largest absolute Gasteiger partial charge is 0.480 e. The summed E-state index contributed by atoms with van der Waals surface area (Å²) in [5.41, 5.74) is 0. The van der Waals surface area contributed by atoms with Gasteiger partial charge in [-0.1, -0.05) is 57.8 Å². The number of carboxylic acids is 1. The maximum atomic E-state index is 10.2. The lowest BCUT2D eigenvalue weighted by Gasteiger charge is -2.08. The molecule has 0 aliphatic heterocycles. The number of hydrogen-bond acceptors (Lipinski definition) is 8. The highest BCUT2D eigenvalue weighted by atomic mass is 32.1. The first-order chi connectivity index (χ1) is 16.8. The number of carbonyl (C=O) groups is 1. The molecule has 0 radical (unpaired) electrons. The lowest BCUT2D eigenvalue weighted by molar-refractivity contribution is -0.142. The van der Waals surface area contributed by atoms with Gasteiger partial charge in [0, 0.05) is 6.61 Å². The van der Waals surface area contributed by atoms with Gasteiger partial charge in [-0.2, -0.15) is 12.6 Å². The van der Waals surface area contributed by atoms with Crippen molar-refractivity contribution < 1.29 is 38.3 Å². The van der Waals surface area contributed by atoms with E-state index in [1.54, 1.807) is 0 Å². The summed E-state index contributed by atoms with van der Waals surface area (Å²) in [5.74, 6) is 0.0475. The second-order valence-corrected chi connectivity index (χ2v) is 8.57. The standard InChI is InChI=1S/C25H50O8S/c26-25(27)24-33-22-21-32-20-19-31-18-17-30-16-15-29-14-13-28-12-10-8-6-4-2-1-3-5-7-9-11-23-34/h34H,1-24H2,(H,26,27). The number of carboxylic acid groups (broad SMARTS) is 1. The van der Waals surface area contributed by atoms with Crippen LogP contribution in [-0.2, 0) is 33.2 Å². The molecule has 0 fully saturated rings. The maximum Gasteiger partial charge on any atom is 0.329 e. The van der Waals surface area contributed by atoms with E-state index in [1.165, 1.54) is 64.2 Å². The Labute approximate surface area is 212 Å². The molecule has 0 aromatic carbocycles. The molecule has 204 valence electrons. The van der Waals surface area contributed by atoms with E-state index in [0.29, 0.717) is 59.5 Å². The molecule has 0 saturated heterocycles. The van der Waals surface area contributed by atoms with Crippen LogP contribution >= 0.6 is 12.6 Å². The highest BCUT2D eigenvalue weighted by molar-refractivity contribution is 7.80. The first kappa shape index (κ1) is 33.6. The van der Waals surface area contributed by atoms with E-state index in [1.807, 2.05) is 0 Å². The van der Waals surface area contributed by atoms with Crippen molar-refractivity contribution >= 4 is 18.6 Å². The Balaban J connectivity index is 3.01. The Bertz CT molecular complexity index is 401. The third-order valence-electron chi connectivity index (χ3n) is 5.03. The van der Waals surface area contributed by atoms with Gasteiger partial charge in [0.05, 0.1) is 66.1 Å². The van der Waals surface area contributed by atoms with Gasteiger partial charge >= 0.3 is 5.97 Å². The average molecular weight is 511 g/mol. The predicted molar refractivity (Wildman–Crippen MR) is 137 cm³/mol. The van der Waals surface area contributed by atoms with Crippen LogP contribution in [0, 0.1) is 0 Å². The van der Waals surface area contributed by atoms with Gasteiger partial charge in [-0.25, -0.2) is 4.79 Å². The van der Waals surface area contributed by atoms with Crippen molar-refractivity contribution in [1.29, 1.82) is 0 Å². The molecular formula is C25H50O8S. The quantitative estimate of drug-likeness (QED) is 0.109. The topological polar surface area (TPSA) is 92.7 Å². The van der Waals surface area contributed by atoms with Crippen LogP contribution in [0.3, 0.4) is 0 Å².